The highest BCUT2D eigenvalue weighted by molar-refractivity contribution is 7.98. The lowest BCUT2D eigenvalue weighted by atomic mass is 10.2. The van der Waals surface area contributed by atoms with Gasteiger partial charge < -0.3 is 10.4 Å². The molecule has 2 rings (SSSR count). The molecule has 0 aromatic carbocycles. The Balaban J connectivity index is 2.30. The van der Waals surface area contributed by atoms with Gasteiger partial charge in [-0.2, -0.15) is 11.8 Å². The number of anilines is 1. The highest BCUT2D eigenvalue weighted by Gasteiger charge is 2.21. The predicted octanol–water partition coefficient (Wildman–Crippen LogP) is 1.42. The Bertz CT molecular complexity index is 436. The van der Waals surface area contributed by atoms with E-state index in [1.807, 2.05) is 6.92 Å². The van der Waals surface area contributed by atoms with Gasteiger partial charge in [0, 0.05) is 17.1 Å². The Hall–Kier alpha value is -1.30. The lowest BCUT2D eigenvalue weighted by Crippen LogP contribution is -2.26. The van der Waals surface area contributed by atoms with Gasteiger partial charge in [0.15, 0.2) is 0 Å². The third-order valence-electron chi connectivity index (χ3n) is 2.41. The molecule has 6 heteroatoms. The summed E-state index contributed by atoms with van der Waals surface area (Å²) in [5.41, 5.74) is 2.07. The van der Waals surface area contributed by atoms with Gasteiger partial charge in [-0.1, -0.05) is 0 Å². The van der Waals surface area contributed by atoms with Crippen molar-refractivity contribution in [3.8, 4) is 0 Å². The molecular weight excluding hydrogens is 226 g/mol. The number of nitrogens with one attached hydrogen (secondary N) is 1. The van der Waals surface area contributed by atoms with Crippen LogP contribution in [-0.4, -0.2) is 27.1 Å². The Morgan fingerprint density at radius 3 is 2.94 bits per heavy atom. The first kappa shape index (κ1) is 11.2. The zero-order chi connectivity index (χ0) is 11.7. The number of hydrogen-bond acceptors (Lipinski definition) is 5. The third-order valence-corrected chi connectivity index (χ3v) is 3.38. The van der Waals surface area contributed by atoms with E-state index >= 15 is 0 Å². The largest absolute Gasteiger partial charge is 0.480 e. The molecule has 2 N–H and O–H groups in total. The van der Waals surface area contributed by atoms with E-state index in [-0.39, 0.29) is 0 Å². The summed E-state index contributed by atoms with van der Waals surface area (Å²) in [5.74, 6) is 2.21. The normalized spacial score (nSPS) is 15.6. The molecule has 0 saturated heterocycles. The highest BCUT2D eigenvalue weighted by Crippen LogP contribution is 2.32. The van der Waals surface area contributed by atoms with E-state index in [2.05, 4.69) is 15.3 Å². The van der Waals surface area contributed by atoms with Gasteiger partial charge in [0.2, 0.25) is 0 Å². The molecule has 0 radical (unpaired) electrons. The third kappa shape index (κ3) is 2.11. The number of thioether (sulfide) groups is 1. The van der Waals surface area contributed by atoms with Crippen molar-refractivity contribution >= 4 is 23.5 Å². The Kier molecular flexibility index (Phi) is 3.00. The molecule has 1 unspecified atom stereocenters. The second kappa shape index (κ2) is 4.29. The van der Waals surface area contributed by atoms with Gasteiger partial charge in [-0.3, -0.25) is 4.79 Å². The minimum Gasteiger partial charge on any atom is -0.480 e. The van der Waals surface area contributed by atoms with Crippen LogP contribution in [0, 0.1) is 6.92 Å². The first-order valence-electron chi connectivity index (χ1n) is 5.01. The number of carbonyl (C=O) groups is 1. The van der Waals surface area contributed by atoms with Crippen molar-refractivity contribution in [3.63, 3.8) is 0 Å². The number of aliphatic carboxylic acids is 1. The summed E-state index contributed by atoms with van der Waals surface area (Å²) in [4.78, 5) is 19.4. The average Bonchev–Trinajstić information content (AvgIpc) is 2.65. The van der Waals surface area contributed by atoms with Gasteiger partial charge in [0.25, 0.3) is 0 Å². The van der Waals surface area contributed by atoms with Gasteiger partial charge in [0.1, 0.15) is 17.7 Å². The van der Waals surface area contributed by atoms with Crippen molar-refractivity contribution in [2.24, 2.45) is 0 Å². The van der Waals surface area contributed by atoms with Crippen LogP contribution in [0.2, 0.25) is 0 Å². The molecule has 0 bridgehead atoms. The molecule has 1 aromatic heterocycles. The fourth-order valence-electron chi connectivity index (χ4n) is 1.56. The number of hydrogen-bond donors (Lipinski definition) is 2. The summed E-state index contributed by atoms with van der Waals surface area (Å²) in [6.07, 6.45) is 0. The summed E-state index contributed by atoms with van der Waals surface area (Å²) in [6.45, 7) is 3.42. The van der Waals surface area contributed by atoms with Gasteiger partial charge in [-0.15, -0.1) is 0 Å². The lowest BCUT2D eigenvalue weighted by molar-refractivity contribution is -0.137. The van der Waals surface area contributed by atoms with Crippen LogP contribution >= 0.6 is 11.8 Å². The number of aryl methyl sites for hydroxylation is 1. The van der Waals surface area contributed by atoms with E-state index in [1.54, 1.807) is 18.7 Å². The van der Waals surface area contributed by atoms with Crippen molar-refractivity contribution < 1.29 is 9.90 Å². The van der Waals surface area contributed by atoms with Crippen LogP contribution < -0.4 is 5.32 Å². The van der Waals surface area contributed by atoms with E-state index in [0.717, 1.165) is 22.8 Å². The molecule has 16 heavy (non-hydrogen) atoms. The van der Waals surface area contributed by atoms with Crippen LogP contribution in [0.3, 0.4) is 0 Å². The van der Waals surface area contributed by atoms with Crippen LogP contribution in [0.4, 0.5) is 5.82 Å². The zero-order valence-electron chi connectivity index (χ0n) is 9.15. The maximum Gasteiger partial charge on any atom is 0.325 e. The maximum atomic E-state index is 10.8. The molecule has 0 aliphatic carbocycles. The van der Waals surface area contributed by atoms with Gasteiger partial charge >= 0.3 is 5.97 Å². The van der Waals surface area contributed by atoms with E-state index in [0.29, 0.717) is 11.6 Å². The standard InChI is InChI=1S/C10H13N3O2S/c1-5(10(14)15)11-9-7-3-16-4-8(7)12-6(2)13-9/h5H,3-4H2,1-2H3,(H,14,15)(H,11,12,13). The Morgan fingerprint density at radius 2 is 2.25 bits per heavy atom. The summed E-state index contributed by atoms with van der Waals surface area (Å²) < 4.78 is 0. The number of aromatic nitrogens is 2. The summed E-state index contributed by atoms with van der Waals surface area (Å²) in [6, 6.07) is -0.635. The minimum atomic E-state index is -0.879. The van der Waals surface area contributed by atoms with E-state index in [9.17, 15) is 4.79 Å². The molecule has 0 spiro atoms. The van der Waals surface area contributed by atoms with E-state index in [4.69, 9.17) is 5.11 Å². The summed E-state index contributed by atoms with van der Waals surface area (Å²) in [5, 5.41) is 11.8. The first-order valence-corrected chi connectivity index (χ1v) is 6.17. The maximum absolute atomic E-state index is 10.8. The number of carboxylic acids is 1. The van der Waals surface area contributed by atoms with Gasteiger partial charge in [-0.05, 0) is 13.8 Å². The van der Waals surface area contributed by atoms with Crippen LogP contribution in [0.1, 0.15) is 24.0 Å². The smallest absolute Gasteiger partial charge is 0.325 e. The molecule has 0 saturated carbocycles. The molecular formula is C10H13N3O2S. The number of nitrogens with zero attached hydrogens (tertiary/aromatic N) is 2. The van der Waals surface area contributed by atoms with Crippen LogP contribution in [0.25, 0.3) is 0 Å². The van der Waals surface area contributed by atoms with Gasteiger partial charge in [-0.25, -0.2) is 9.97 Å². The van der Waals surface area contributed by atoms with Crippen molar-refractivity contribution in [3.05, 3.63) is 17.1 Å². The lowest BCUT2D eigenvalue weighted by Gasteiger charge is -2.13. The fourth-order valence-corrected chi connectivity index (χ4v) is 2.60. The molecule has 5 nitrogen and oxygen atoms in total. The summed E-state index contributed by atoms with van der Waals surface area (Å²) >= 11 is 1.77. The van der Waals surface area contributed by atoms with Gasteiger partial charge in [0.05, 0.1) is 5.69 Å². The van der Waals surface area contributed by atoms with Crippen molar-refractivity contribution in [2.45, 2.75) is 31.4 Å². The topological polar surface area (TPSA) is 75.1 Å². The van der Waals surface area contributed by atoms with E-state index < -0.39 is 12.0 Å². The molecule has 1 aromatic rings. The average molecular weight is 239 g/mol. The quantitative estimate of drug-likeness (QED) is 0.830. The van der Waals surface area contributed by atoms with Crippen LogP contribution in [0.15, 0.2) is 0 Å². The SMILES string of the molecule is Cc1nc2c(c(NC(C)C(=O)O)n1)CSC2. The second-order valence-corrected chi connectivity index (χ2v) is 4.73. The number of carboxylic acid groups (broad SMARTS) is 1. The fraction of sp³-hybridized carbons (Fsp3) is 0.500. The molecule has 1 aliphatic heterocycles. The molecule has 86 valence electrons. The molecule has 0 amide bonds. The first-order chi connectivity index (χ1) is 7.58. The minimum absolute atomic E-state index is 0.635. The summed E-state index contributed by atoms with van der Waals surface area (Å²) in [7, 11) is 0. The van der Waals surface area contributed by atoms with Crippen LogP contribution in [-0.2, 0) is 16.3 Å². The number of rotatable bonds is 3. The predicted molar refractivity (Wildman–Crippen MR) is 62.5 cm³/mol. The highest BCUT2D eigenvalue weighted by atomic mass is 32.2. The monoisotopic (exact) mass is 239 g/mol. The van der Waals surface area contributed by atoms with Crippen molar-refractivity contribution in [2.75, 3.05) is 5.32 Å². The van der Waals surface area contributed by atoms with Crippen molar-refractivity contribution in [1.82, 2.24) is 9.97 Å². The molecule has 1 aliphatic rings. The second-order valence-electron chi connectivity index (χ2n) is 3.74. The Labute approximate surface area is 97.7 Å². The van der Waals surface area contributed by atoms with Crippen LogP contribution in [0.5, 0.6) is 0 Å². The number of fused-ring (bicyclic) bond motifs is 1. The van der Waals surface area contributed by atoms with Crippen molar-refractivity contribution in [1.29, 1.82) is 0 Å². The molecule has 2 heterocycles. The van der Waals surface area contributed by atoms with E-state index in [1.165, 1.54) is 0 Å². The molecule has 0 fully saturated rings. The molecule has 1 atom stereocenters. The Morgan fingerprint density at radius 1 is 1.50 bits per heavy atom. The zero-order valence-corrected chi connectivity index (χ0v) is 9.97.